The van der Waals surface area contributed by atoms with Crippen LogP contribution in [0.25, 0.3) is 10.9 Å². The van der Waals surface area contributed by atoms with E-state index >= 15 is 0 Å². The normalized spacial score (nSPS) is 14.7. The maximum absolute atomic E-state index is 11.9. The van der Waals surface area contributed by atoms with Crippen molar-refractivity contribution in [1.82, 2.24) is 19.9 Å². The van der Waals surface area contributed by atoms with Crippen LogP contribution in [0.5, 0.6) is 11.5 Å². The average Bonchev–Trinajstić information content (AvgIpc) is 3.03. The van der Waals surface area contributed by atoms with Crippen molar-refractivity contribution in [2.75, 3.05) is 38.2 Å². The van der Waals surface area contributed by atoms with Crippen molar-refractivity contribution in [2.24, 2.45) is 0 Å². The number of carboxylic acid groups (broad SMARTS) is 1. The van der Waals surface area contributed by atoms with Crippen LogP contribution in [0, 0.1) is 0 Å². The number of pyridine rings is 1. The third-order valence-corrected chi connectivity index (χ3v) is 6.51. The van der Waals surface area contributed by atoms with Gasteiger partial charge in [-0.05, 0) is 42.5 Å². The zero-order valence-corrected chi connectivity index (χ0v) is 24.2. The van der Waals surface area contributed by atoms with Crippen LogP contribution in [0.15, 0.2) is 67.1 Å². The third-order valence-electron chi connectivity index (χ3n) is 6.21. The first kappa shape index (κ1) is 33.2. The highest BCUT2D eigenvalue weighted by Gasteiger charge is 2.38. The second kappa shape index (κ2) is 15.3. The summed E-state index contributed by atoms with van der Waals surface area (Å²) in [6.45, 7) is 1.18. The van der Waals surface area contributed by atoms with Crippen molar-refractivity contribution in [3.05, 3.63) is 77.8 Å². The van der Waals surface area contributed by atoms with Gasteiger partial charge in [-0.2, -0.15) is 13.2 Å². The van der Waals surface area contributed by atoms with E-state index in [4.69, 9.17) is 40.8 Å². The molecule has 1 saturated heterocycles. The number of aliphatic hydroxyl groups excluding tert-OH is 1. The summed E-state index contributed by atoms with van der Waals surface area (Å²) >= 11 is 6.49. The Morgan fingerprint density at radius 3 is 2.56 bits per heavy atom. The molecule has 0 unspecified atom stereocenters. The Balaban J connectivity index is 0.000000591. The van der Waals surface area contributed by atoms with Crippen LogP contribution in [0.1, 0.15) is 5.69 Å². The molecule has 3 N–H and O–H groups in total. The lowest BCUT2D eigenvalue weighted by Gasteiger charge is -2.32. The topological polar surface area (TPSA) is 156 Å². The monoisotopic (exact) mass is 649 g/mol. The van der Waals surface area contributed by atoms with Crippen LogP contribution in [-0.4, -0.2) is 87.1 Å². The van der Waals surface area contributed by atoms with E-state index in [1.54, 1.807) is 23.2 Å². The van der Waals surface area contributed by atoms with Crippen molar-refractivity contribution in [3.63, 3.8) is 0 Å². The zero-order valence-electron chi connectivity index (χ0n) is 23.4. The summed E-state index contributed by atoms with van der Waals surface area (Å²) in [4.78, 5) is 35.4. The number of aromatic nitrogens is 3. The summed E-state index contributed by atoms with van der Waals surface area (Å²) in [7, 11) is 0. The van der Waals surface area contributed by atoms with Crippen molar-refractivity contribution < 1.29 is 47.2 Å². The molecule has 4 aromatic rings. The maximum Gasteiger partial charge on any atom is 0.490 e. The van der Waals surface area contributed by atoms with Crippen LogP contribution in [0.2, 0.25) is 5.02 Å². The molecule has 2 aromatic carbocycles. The number of fused-ring (bicyclic) bond motifs is 1. The van der Waals surface area contributed by atoms with Gasteiger partial charge >= 0.3 is 12.1 Å². The molecule has 0 saturated carbocycles. The maximum atomic E-state index is 11.9. The van der Waals surface area contributed by atoms with Gasteiger partial charge in [-0.1, -0.05) is 23.7 Å². The molecule has 1 atom stereocenters. The number of hydrogen-bond donors (Lipinski definition) is 3. The lowest BCUT2D eigenvalue weighted by molar-refractivity contribution is -0.192. The number of amides is 1. The van der Waals surface area contributed by atoms with E-state index < -0.39 is 18.8 Å². The van der Waals surface area contributed by atoms with Crippen LogP contribution >= 0.6 is 11.6 Å². The van der Waals surface area contributed by atoms with Crippen molar-refractivity contribution >= 4 is 45.9 Å². The van der Waals surface area contributed by atoms with Crippen LogP contribution in [-0.2, 0) is 20.9 Å². The quantitative estimate of drug-likeness (QED) is 0.238. The van der Waals surface area contributed by atoms with Crippen molar-refractivity contribution in [2.45, 2.75) is 18.9 Å². The average molecular weight is 650 g/mol. The molecule has 2 aromatic heterocycles. The van der Waals surface area contributed by atoms with Gasteiger partial charge in [-0.15, -0.1) is 0 Å². The predicted molar refractivity (Wildman–Crippen MR) is 155 cm³/mol. The number of carbonyl (C=O) groups excluding carboxylic acids is 1. The van der Waals surface area contributed by atoms with Gasteiger partial charge in [0.1, 0.15) is 49.6 Å². The minimum absolute atomic E-state index is 0.219. The number of benzene rings is 2. The van der Waals surface area contributed by atoms with Gasteiger partial charge in [-0.3, -0.25) is 9.78 Å². The van der Waals surface area contributed by atoms with Gasteiger partial charge in [0.25, 0.3) is 0 Å². The molecule has 1 aliphatic heterocycles. The fraction of sp³-hybridized carbons (Fsp3) is 0.276. The third kappa shape index (κ3) is 9.38. The number of carboxylic acids is 1. The van der Waals surface area contributed by atoms with E-state index in [1.807, 2.05) is 42.5 Å². The van der Waals surface area contributed by atoms with Gasteiger partial charge in [0.05, 0.1) is 34.8 Å². The number of alkyl halides is 3. The van der Waals surface area contributed by atoms with Gasteiger partial charge in [0.15, 0.2) is 0 Å². The zero-order chi connectivity index (χ0) is 32.4. The molecule has 1 fully saturated rings. The minimum Gasteiger partial charge on any atom is -0.490 e. The van der Waals surface area contributed by atoms with Crippen molar-refractivity contribution in [1.29, 1.82) is 0 Å². The lowest BCUT2D eigenvalue weighted by Crippen LogP contribution is -2.48. The largest absolute Gasteiger partial charge is 0.490 e. The summed E-state index contributed by atoms with van der Waals surface area (Å²) in [6, 6.07) is 16.6. The Kier molecular flexibility index (Phi) is 11.3. The van der Waals surface area contributed by atoms with E-state index in [1.165, 1.54) is 6.33 Å². The van der Waals surface area contributed by atoms with E-state index in [2.05, 4.69) is 20.3 Å². The predicted octanol–water partition coefficient (Wildman–Crippen LogP) is 4.23. The van der Waals surface area contributed by atoms with Crippen LogP contribution < -0.4 is 14.8 Å². The van der Waals surface area contributed by atoms with E-state index in [0.29, 0.717) is 65.2 Å². The number of halogens is 4. The number of carbonyl (C=O) groups is 2. The number of nitrogens with one attached hydrogen (secondary N) is 1. The number of hydrogen-bond acceptors (Lipinski definition) is 10. The lowest BCUT2D eigenvalue weighted by atomic mass is 10.2. The summed E-state index contributed by atoms with van der Waals surface area (Å²) in [5.74, 6) is -1.42. The molecule has 5 rings (SSSR count). The number of ether oxygens (including phenoxy) is 3. The molecular weight excluding hydrogens is 623 g/mol. The van der Waals surface area contributed by atoms with E-state index in [0.717, 1.165) is 5.69 Å². The number of rotatable bonds is 9. The van der Waals surface area contributed by atoms with Crippen LogP contribution in [0.3, 0.4) is 0 Å². The fourth-order valence-electron chi connectivity index (χ4n) is 4.09. The highest BCUT2D eigenvalue weighted by atomic mass is 35.5. The molecule has 238 valence electrons. The molecule has 0 aliphatic carbocycles. The molecule has 1 aliphatic rings. The number of aliphatic carboxylic acids is 1. The summed E-state index contributed by atoms with van der Waals surface area (Å²) in [5, 5.41) is 20.7. The Morgan fingerprint density at radius 1 is 1.07 bits per heavy atom. The van der Waals surface area contributed by atoms with E-state index in [9.17, 15) is 18.0 Å². The molecule has 12 nitrogen and oxygen atoms in total. The highest BCUT2D eigenvalue weighted by molar-refractivity contribution is 6.32. The molecule has 16 heteroatoms. The first-order valence-corrected chi connectivity index (χ1v) is 13.7. The number of nitrogens with zero attached hydrogens (tertiary/aromatic N) is 4. The smallest absolute Gasteiger partial charge is 0.490 e. The van der Waals surface area contributed by atoms with Gasteiger partial charge in [0.2, 0.25) is 5.91 Å². The first-order chi connectivity index (χ1) is 21.5. The highest BCUT2D eigenvalue weighted by Crippen LogP contribution is 2.34. The molecule has 0 spiro atoms. The molecule has 0 radical (unpaired) electrons. The molecular formula is C29H27ClF3N5O7. The van der Waals surface area contributed by atoms with Gasteiger partial charge < -0.3 is 34.6 Å². The number of aliphatic hydroxyl groups is 1. The molecule has 3 heterocycles. The Hall–Kier alpha value is -4.73. The Labute approximate surface area is 259 Å². The Bertz CT molecular complexity index is 1610. The van der Waals surface area contributed by atoms with E-state index in [-0.39, 0.29) is 18.6 Å². The fourth-order valence-corrected chi connectivity index (χ4v) is 4.33. The number of morpholine rings is 1. The summed E-state index contributed by atoms with van der Waals surface area (Å²) in [5.41, 5.74) is 2.21. The standard InChI is InChI=1S/C27H26ClN5O5.C2HF3O2/c28-21-12-18(7-8-23(21)37-15-19-4-1-2-9-29-19)32-27-26-22(30-17-31-27)5-3-6-24(26)38-16-20-13-33(10-11-36-20)25(35)14-34;3-2(4,5)1(6)7/h1-9,12,17,20,34H,10-11,13-16H2,(H,30,31,32);(H,6,7)/t20-;/m0./s1. The first-order valence-electron chi connectivity index (χ1n) is 13.3. The summed E-state index contributed by atoms with van der Waals surface area (Å²) < 4.78 is 49.4. The second-order valence-corrected chi connectivity index (χ2v) is 9.76. The number of anilines is 2. The molecule has 1 amide bonds. The van der Waals surface area contributed by atoms with Gasteiger partial charge in [-0.25, -0.2) is 14.8 Å². The Morgan fingerprint density at radius 2 is 1.87 bits per heavy atom. The summed E-state index contributed by atoms with van der Waals surface area (Å²) in [6.07, 6.45) is -2.22. The second-order valence-electron chi connectivity index (χ2n) is 9.36. The SMILES string of the molecule is O=C(CO)N1CCO[C@H](COc2cccc3ncnc(Nc4ccc(OCc5ccccn5)c(Cl)c4)c23)C1.O=C(O)C(F)(F)F. The molecule has 0 bridgehead atoms. The van der Waals surface area contributed by atoms with Crippen LogP contribution in [0.4, 0.5) is 24.7 Å². The van der Waals surface area contributed by atoms with Crippen molar-refractivity contribution in [3.8, 4) is 11.5 Å². The minimum atomic E-state index is -5.08. The van der Waals surface area contributed by atoms with Gasteiger partial charge in [0, 0.05) is 18.4 Å². The molecule has 45 heavy (non-hydrogen) atoms.